The molecule has 0 unspecified atom stereocenters. The van der Waals surface area contributed by atoms with E-state index in [4.69, 9.17) is 10.9 Å². The van der Waals surface area contributed by atoms with Crippen LogP contribution in [0.25, 0.3) is 0 Å². The monoisotopic (exact) mass is 284 g/mol. The van der Waals surface area contributed by atoms with Crippen molar-refractivity contribution in [1.82, 2.24) is 4.98 Å². The second-order valence-corrected chi connectivity index (χ2v) is 5.11. The molecule has 0 aliphatic heterocycles. The van der Waals surface area contributed by atoms with Gasteiger partial charge in [0.2, 0.25) is 0 Å². The second-order valence-electron chi connectivity index (χ2n) is 5.11. The van der Waals surface area contributed by atoms with Gasteiger partial charge >= 0.3 is 0 Å². The Morgan fingerprint density at radius 2 is 2.05 bits per heavy atom. The van der Waals surface area contributed by atoms with Gasteiger partial charge in [-0.1, -0.05) is 11.2 Å². The highest BCUT2D eigenvalue weighted by atomic mass is 16.4. The molecule has 0 fully saturated rings. The van der Waals surface area contributed by atoms with Crippen LogP contribution in [-0.2, 0) is 6.54 Å². The van der Waals surface area contributed by atoms with Gasteiger partial charge < -0.3 is 15.8 Å². The number of rotatable bonds is 4. The summed E-state index contributed by atoms with van der Waals surface area (Å²) in [6.07, 6.45) is 0. The molecule has 0 atom stereocenters. The SMILES string of the molecule is Cc1cccc(CN(C)c2ccc(/C(N)=N/O)c(C)c2)n1. The summed E-state index contributed by atoms with van der Waals surface area (Å²) >= 11 is 0. The summed E-state index contributed by atoms with van der Waals surface area (Å²) in [7, 11) is 2.02. The fraction of sp³-hybridized carbons (Fsp3) is 0.250. The number of oxime groups is 1. The molecule has 0 aliphatic carbocycles. The van der Waals surface area contributed by atoms with E-state index in [0.717, 1.165) is 34.7 Å². The average Bonchev–Trinajstić information content (AvgIpc) is 2.46. The van der Waals surface area contributed by atoms with E-state index in [9.17, 15) is 0 Å². The molecular weight excluding hydrogens is 264 g/mol. The van der Waals surface area contributed by atoms with Gasteiger partial charge in [0.15, 0.2) is 5.84 Å². The molecule has 2 aromatic rings. The van der Waals surface area contributed by atoms with E-state index in [0.29, 0.717) is 0 Å². The first-order valence-electron chi connectivity index (χ1n) is 6.73. The number of benzene rings is 1. The third kappa shape index (κ3) is 3.51. The smallest absolute Gasteiger partial charge is 0.170 e. The number of aryl methyl sites for hydroxylation is 2. The van der Waals surface area contributed by atoms with Gasteiger partial charge in [0.1, 0.15) is 0 Å². The van der Waals surface area contributed by atoms with Gasteiger partial charge in [-0.2, -0.15) is 0 Å². The molecular formula is C16H20N4O. The van der Waals surface area contributed by atoms with Gasteiger partial charge in [0.25, 0.3) is 0 Å². The summed E-state index contributed by atoms with van der Waals surface area (Å²) in [5.74, 6) is 0.127. The molecule has 1 aromatic carbocycles. The average molecular weight is 284 g/mol. The molecule has 0 saturated heterocycles. The molecule has 0 spiro atoms. The van der Waals surface area contributed by atoms with Gasteiger partial charge in [0.05, 0.1) is 12.2 Å². The number of hydrogen-bond acceptors (Lipinski definition) is 4. The van der Waals surface area contributed by atoms with E-state index < -0.39 is 0 Å². The molecule has 0 amide bonds. The Balaban J connectivity index is 2.20. The highest BCUT2D eigenvalue weighted by Crippen LogP contribution is 2.19. The van der Waals surface area contributed by atoms with Crippen LogP contribution >= 0.6 is 0 Å². The zero-order chi connectivity index (χ0) is 15.4. The number of nitrogens with two attached hydrogens (primary N) is 1. The Bertz CT molecular complexity index is 667. The van der Waals surface area contributed by atoms with Crippen LogP contribution in [0.1, 0.15) is 22.5 Å². The Labute approximate surface area is 124 Å². The molecule has 3 N–H and O–H groups in total. The van der Waals surface area contributed by atoms with Gasteiger partial charge in [-0.05, 0) is 49.7 Å². The predicted molar refractivity (Wildman–Crippen MR) is 84.8 cm³/mol. The van der Waals surface area contributed by atoms with Crippen molar-refractivity contribution in [3.8, 4) is 0 Å². The van der Waals surface area contributed by atoms with Crippen molar-refractivity contribution in [2.45, 2.75) is 20.4 Å². The lowest BCUT2D eigenvalue weighted by Crippen LogP contribution is -2.19. The Morgan fingerprint density at radius 3 is 2.67 bits per heavy atom. The molecule has 1 heterocycles. The van der Waals surface area contributed by atoms with E-state index in [1.807, 2.05) is 57.3 Å². The van der Waals surface area contributed by atoms with Gasteiger partial charge in [-0.3, -0.25) is 4.98 Å². The number of anilines is 1. The standard InChI is InChI=1S/C16H20N4O/c1-11-9-14(7-8-15(11)16(17)19-21)20(3)10-13-6-4-5-12(2)18-13/h4-9,21H,10H2,1-3H3,(H2,17,19). The summed E-state index contributed by atoms with van der Waals surface area (Å²) < 4.78 is 0. The Hall–Kier alpha value is -2.56. The van der Waals surface area contributed by atoms with Gasteiger partial charge in [0, 0.05) is 24.0 Å². The molecule has 0 aliphatic rings. The first kappa shape index (κ1) is 14.8. The van der Waals surface area contributed by atoms with Crippen molar-refractivity contribution in [2.24, 2.45) is 10.9 Å². The first-order valence-corrected chi connectivity index (χ1v) is 6.73. The fourth-order valence-corrected chi connectivity index (χ4v) is 2.25. The summed E-state index contributed by atoms with van der Waals surface area (Å²) in [5, 5.41) is 11.8. The maximum Gasteiger partial charge on any atom is 0.170 e. The van der Waals surface area contributed by atoms with Crippen molar-refractivity contribution in [1.29, 1.82) is 0 Å². The number of aromatic nitrogens is 1. The minimum absolute atomic E-state index is 0.127. The lowest BCUT2D eigenvalue weighted by atomic mass is 10.1. The number of nitrogens with zero attached hydrogens (tertiary/aromatic N) is 3. The summed E-state index contributed by atoms with van der Waals surface area (Å²) in [6, 6.07) is 11.8. The zero-order valence-electron chi connectivity index (χ0n) is 12.5. The van der Waals surface area contributed by atoms with Crippen molar-refractivity contribution in [3.05, 3.63) is 58.9 Å². The summed E-state index contributed by atoms with van der Waals surface area (Å²) in [6.45, 7) is 4.65. The maximum absolute atomic E-state index is 8.76. The lowest BCUT2D eigenvalue weighted by Gasteiger charge is -2.20. The zero-order valence-corrected chi connectivity index (χ0v) is 12.5. The second kappa shape index (κ2) is 6.26. The van der Waals surface area contributed by atoms with Crippen molar-refractivity contribution >= 4 is 11.5 Å². The molecule has 2 rings (SSSR count). The van der Waals surface area contributed by atoms with E-state index in [1.54, 1.807) is 0 Å². The number of amidine groups is 1. The quantitative estimate of drug-likeness (QED) is 0.391. The van der Waals surface area contributed by atoms with Crippen LogP contribution in [0.3, 0.4) is 0 Å². The molecule has 0 bridgehead atoms. The van der Waals surface area contributed by atoms with Crippen LogP contribution < -0.4 is 10.6 Å². The summed E-state index contributed by atoms with van der Waals surface area (Å²) in [5.41, 5.74) is 10.4. The highest BCUT2D eigenvalue weighted by molar-refractivity contribution is 5.98. The van der Waals surface area contributed by atoms with Crippen molar-refractivity contribution < 1.29 is 5.21 Å². The van der Waals surface area contributed by atoms with E-state index in [1.165, 1.54) is 0 Å². The largest absolute Gasteiger partial charge is 0.409 e. The van der Waals surface area contributed by atoms with Crippen LogP contribution in [0.4, 0.5) is 5.69 Å². The Morgan fingerprint density at radius 1 is 1.29 bits per heavy atom. The van der Waals surface area contributed by atoms with Crippen molar-refractivity contribution in [2.75, 3.05) is 11.9 Å². The van der Waals surface area contributed by atoms with Gasteiger partial charge in [-0.15, -0.1) is 0 Å². The molecule has 0 radical (unpaired) electrons. The third-order valence-corrected chi connectivity index (χ3v) is 3.38. The first-order chi connectivity index (χ1) is 10.0. The number of hydrogen-bond donors (Lipinski definition) is 2. The summed E-state index contributed by atoms with van der Waals surface area (Å²) in [4.78, 5) is 6.62. The van der Waals surface area contributed by atoms with Crippen LogP contribution in [0.15, 0.2) is 41.6 Å². The maximum atomic E-state index is 8.76. The van der Waals surface area contributed by atoms with Crippen LogP contribution in [0.5, 0.6) is 0 Å². The van der Waals surface area contributed by atoms with Gasteiger partial charge in [-0.25, -0.2) is 0 Å². The minimum atomic E-state index is 0.127. The molecule has 1 aromatic heterocycles. The number of pyridine rings is 1. The minimum Gasteiger partial charge on any atom is -0.409 e. The topological polar surface area (TPSA) is 74.7 Å². The predicted octanol–water partition coefficient (Wildman–Crippen LogP) is 2.43. The van der Waals surface area contributed by atoms with Crippen LogP contribution in [0, 0.1) is 13.8 Å². The fourth-order valence-electron chi connectivity index (χ4n) is 2.25. The van der Waals surface area contributed by atoms with Crippen molar-refractivity contribution in [3.63, 3.8) is 0 Å². The lowest BCUT2D eigenvalue weighted by molar-refractivity contribution is 0.318. The molecule has 0 saturated carbocycles. The molecule has 110 valence electrons. The van der Waals surface area contributed by atoms with E-state index >= 15 is 0 Å². The molecule has 5 nitrogen and oxygen atoms in total. The third-order valence-electron chi connectivity index (χ3n) is 3.38. The molecule has 21 heavy (non-hydrogen) atoms. The molecule has 5 heteroatoms. The van der Waals surface area contributed by atoms with Crippen LogP contribution in [-0.4, -0.2) is 23.1 Å². The Kier molecular flexibility index (Phi) is 4.42. The normalized spacial score (nSPS) is 11.5. The van der Waals surface area contributed by atoms with Crippen LogP contribution in [0.2, 0.25) is 0 Å². The van der Waals surface area contributed by atoms with E-state index in [-0.39, 0.29) is 5.84 Å². The van der Waals surface area contributed by atoms with E-state index in [2.05, 4.69) is 15.0 Å². The highest BCUT2D eigenvalue weighted by Gasteiger charge is 2.08.